The van der Waals surface area contributed by atoms with E-state index in [1.807, 2.05) is 55.6 Å². The van der Waals surface area contributed by atoms with Crippen molar-refractivity contribution in [3.05, 3.63) is 30.3 Å². The molecule has 0 spiro atoms. The van der Waals surface area contributed by atoms with Crippen molar-refractivity contribution in [1.29, 1.82) is 0 Å². The maximum Gasteiger partial charge on any atom is 0.337 e. The third kappa shape index (κ3) is 3.22. The number of rotatable bonds is 4. The second-order valence-corrected chi connectivity index (χ2v) is 3.21. The quantitative estimate of drug-likeness (QED) is 0.442. The Labute approximate surface area is 86.0 Å². The Bertz CT molecular complexity index is 287. The van der Waals surface area contributed by atoms with E-state index in [1.165, 1.54) is 0 Å². The van der Waals surface area contributed by atoms with Crippen molar-refractivity contribution < 1.29 is 0 Å². The molecule has 74 valence electrons. The van der Waals surface area contributed by atoms with Gasteiger partial charge in [0.15, 0.2) is 0 Å². The van der Waals surface area contributed by atoms with Crippen molar-refractivity contribution in [2.24, 2.45) is 4.99 Å². The number of nitrogens with one attached hydrogen (secondary N) is 1. The highest BCUT2D eigenvalue weighted by atomic mass is 15.1. The van der Waals surface area contributed by atoms with E-state index in [4.69, 9.17) is 0 Å². The molecule has 0 unspecified atom stereocenters. The van der Waals surface area contributed by atoms with E-state index in [1.54, 1.807) is 0 Å². The van der Waals surface area contributed by atoms with Gasteiger partial charge in [-0.2, -0.15) is 0 Å². The smallest absolute Gasteiger partial charge is 0.337 e. The molecule has 0 aliphatic carbocycles. The summed E-state index contributed by atoms with van der Waals surface area (Å²) in [5.74, 6) is 0. The van der Waals surface area contributed by atoms with Gasteiger partial charge < -0.3 is 10.0 Å². The topological polar surface area (TPSA) is 27.6 Å². The predicted octanol–water partition coefficient (Wildman–Crippen LogP) is 1.62. The molecule has 1 aromatic carbocycles. The van der Waals surface area contributed by atoms with Gasteiger partial charge in [0, 0.05) is 0 Å². The highest BCUT2D eigenvalue weighted by Gasteiger charge is 2.07. The standard InChI is InChI=1S/C10H16BN3/c1-11(12-2)14(3)9-13-10-7-5-4-6-8-10/h4-9,12H,1-3H3. The van der Waals surface area contributed by atoms with E-state index in [9.17, 15) is 0 Å². The van der Waals surface area contributed by atoms with Crippen LogP contribution < -0.4 is 5.23 Å². The fourth-order valence-electron chi connectivity index (χ4n) is 0.975. The Kier molecular flexibility index (Phi) is 4.20. The first kappa shape index (κ1) is 10.8. The Morgan fingerprint density at radius 3 is 2.57 bits per heavy atom. The van der Waals surface area contributed by atoms with Gasteiger partial charge in [-0.05, 0) is 33.1 Å². The Balaban J connectivity index is 2.56. The summed E-state index contributed by atoms with van der Waals surface area (Å²) in [5, 5.41) is 3.14. The van der Waals surface area contributed by atoms with Crippen LogP contribution in [0.15, 0.2) is 35.3 Å². The maximum atomic E-state index is 4.34. The molecule has 1 rings (SSSR count). The lowest BCUT2D eigenvalue weighted by Crippen LogP contribution is -2.43. The summed E-state index contributed by atoms with van der Waals surface area (Å²) in [6.07, 6.45) is 1.83. The molecule has 0 amide bonds. The van der Waals surface area contributed by atoms with Crippen LogP contribution in [0.25, 0.3) is 0 Å². The minimum absolute atomic E-state index is 0.294. The van der Waals surface area contributed by atoms with Gasteiger partial charge in [-0.1, -0.05) is 18.2 Å². The first-order valence-electron chi connectivity index (χ1n) is 4.72. The molecule has 0 aliphatic rings. The minimum Gasteiger partial charge on any atom is -0.395 e. The van der Waals surface area contributed by atoms with Crippen LogP contribution in [0.3, 0.4) is 0 Å². The van der Waals surface area contributed by atoms with Crippen LogP contribution in [0.1, 0.15) is 0 Å². The maximum absolute atomic E-state index is 4.34. The number of para-hydroxylation sites is 1. The molecular formula is C10H16BN3. The number of benzene rings is 1. The summed E-state index contributed by atoms with van der Waals surface area (Å²) in [6, 6.07) is 9.91. The zero-order chi connectivity index (χ0) is 10.4. The van der Waals surface area contributed by atoms with Crippen molar-refractivity contribution >= 4 is 19.0 Å². The van der Waals surface area contributed by atoms with Crippen molar-refractivity contribution in [3.8, 4) is 0 Å². The number of hydrogen-bond donors (Lipinski definition) is 1. The molecular weight excluding hydrogens is 173 g/mol. The summed E-state index contributed by atoms with van der Waals surface area (Å²) in [5.41, 5.74) is 0.975. The third-order valence-corrected chi connectivity index (χ3v) is 2.17. The molecule has 1 aromatic rings. The summed E-state index contributed by atoms with van der Waals surface area (Å²) < 4.78 is 0. The van der Waals surface area contributed by atoms with Crippen LogP contribution in [0.4, 0.5) is 5.69 Å². The predicted molar refractivity (Wildman–Crippen MR) is 63.0 cm³/mol. The van der Waals surface area contributed by atoms with Crippen molar-refractivity contribution in [2.45, 2.75) is 6.82 Å². The molecule has 0 fully saturated rings. The molecule has 0 bridgehead atoms. The highest BCUT2D eigenvalue weighted by Crippen LogP contribution is 2.08. The second-order valence-electron chi connectivity index (χ2n) is 3.21. The lowest BCUT2D eigenvalue weighted by atomic mass is 9.79. The largest absolute Gasteiger partial charge is 0.395 e. The average molecular weight is 189 g/mol. The first-order valence-corrected chi connectivity index (χ1v) is 4.72. The number of nitrogens with zero attached hydrogens (tertiary/aromatic N) is 2. The molecule has 0 heterocycles. The van der Waals surface area contributed by atoms with E-state index in [2.05, 4.69) is 17.0 Å². The van der Waals surface area contributed by atoms with Gasteiger partial charge in [0.05, 0.1) is 12.0 Å². The zero-order valence-electron chi connectivity index (χ0n) is 8.94. The monoisotopic (exact) mass is 189 g/mol. The van der Waals surface area contributed by atoms with E-state index in [0.717, 1.165) is 5.69 Å². The van der Waals surface area contributed by atoms with Gasteiger partial charge >= 0.3 is 6.98 Å². The van der Waals surface area contributed by atoms with Crippen LogP contribution in [0.5, 0.6) is 0 Å². The zero-order valence-corrected chi connectivity index (χ0v) is 8.94. The second kappa shape index (κ2) is 5.45. The Morgan fingerprint density at radius 1 is 1.36 bits per heavy atom. The van der Waals surface area contributed by atoms with Crippen LogP contribution in [0, 0.1) is 0 Å². The van der Waals surface area contributed by atoms with Gasteiger partial charge in [0.2, 0.25) is 0 Å². The van der Waals surface area contributed by atoms with Gasteiger partial charge in [-0.3, -0.25) is 0 Å². The Morgan fingerprint density at radius 2 is 2.00 bits per heavy atom. The van der Waals surface area contributed by atoms with Crippen LogP contribution in [-0.4, -0.2) is 32.2 Å². The normalized spacial score (nSPS) is 10.5. The van der Waals surface area contributed by atoms with Gasteiger partial charge in [-0.25, -0.2) is 4.99 Å². The molecule has 1 N–H and O–H groups in total. The molecule has 0 saturated heterocycles. The molecule has 0 saturated carbocycles. The van der Waals surface area contributed by atoms with E-state index < -0.39 is 0 Å². The van der Waals surface area contributed by atoms with Crippen LogP contribution in [0.2, 0.25) is 6.82 Å². The molecule has 0 radical (unpaired) electrons. The minimum atomic E-state index is 0.294. The number of hydrogen-bond acceptors (Lipinski definition) is 2. The fraction of sp³-hybridized carbons (Fsp3) is 0.300. The average Bonchev–Trinajstić information content (AvgIpc) is 2.26. The molecule has 0 atom stereocenters. The van der Waals surface area contributed by atoms with Crippen molar-refractivity contribution in [3.63, 3.8) is 0 Å². The lowest BCUT2D eigenvalue weighted by molar-refractivity contribution is 0.775. The molecule has 0 aromatic heterocycles. The summed E-state index contributed by atoms with van der Waals surface area (Å²) in [7, 11) is 3.92. The molecule has 4 heteroatoms. The molecule has 0 aliphatic heterocycles. The third-order valence-electron chi connectivity index (χ3n) is 2.17. The summed E-state index contributed by atoms with van der Waals surface area (Å²) in [6.45, 7) is 2.37. The number of aliphatic imine (C=N–C) groups is 1. The molecule has 14 heavy (non-hydrogen) atoms. The lowest BCUT2D eigenvalue weighted by Gasteiger charge is -2.17. The van der Waals surface area contributed by atoms with E-state index in [-0.39, 0.29) is 0 Å². The van der Waals surface area contributed by atoms with Crippen molar-refractivity contribution in [2.75, 3.05) is 14.1 Å². The van der Waals surface area contributed by atoms with E-state index in [0.29, 0.717) is 6.98 Å². The summed E-state index contributed by atoms with van der Waals surface area (Å²) in [4.78, 5) is 6.36. The van der Waals surface area contributed by atoms with Crippen molar-refractivity contribution in [1.82, 2.24) is 10.0 Å². The van der Waals surface area contributed by atoms with E-state index >= 15 is 0 Å². The van der Waals surface area contributed by atoms with Gasteiger partial charge in [0.25, 0.3) is 0 Å². The SMILES string of the molecule is CNB(C)N(C)C=Nc1ccccc1. The molecule has 3 nitrogen and oxygen atoms in total. The Hall–Kier alpha value is -1.29. The van der Waals surface area contributed by atoms with Crippen LogP contribution >= 0.6 is 0 Å². The van der Waals surface area contributed by atoms with Gasteiger partial charge in [0.1, 0.15) is 0 Å². The fourth-order valence-corrected chi connectivity index (χ4v) is 0.975. The summed E-state index contributed by atoms with van der Waals surface area (Å²) >= 11 is 0. The highest BCUT2D eigenvalue weighted by molar-refractivity contribution is 6.53. The first-order chi connectivity index (χ1) is 6.74. The van der Waals surface area contributed by atoms with Crippen LogP contribution in [-0.2, 0) is 0 Å². The van der Waals surface area contributed by atoms with Gasteiger partial charge in [-0.15, -0.1) is 0 Å².